The lowest BCUT2D eigenvalue weighted by Gasteiger charge is -2.33. The molecular formula is C19H18F6N4O2. The zero-order chi connectivity index (χ0) is 22.6. The number of rotatable bonds is 5. The summed E-state index contributed by atoms with van der Waals surface area (Å²) < 4.78 is 78.7. The number of alkyl halides is 6. The Bertz CT molecular complexity index is 894. The minimum absolute atomic E-state index is 0.0205. The maximum atomic E-state index is 12.8. The normalized spacial score (nSPS) is 15.6. The molecule has 6 nitrogen and oxygen atoms in total. The molecule has 0 saturated carbocycles. The molecule has 1 aliphatic heterocycles. The second kappa shape index (κ2) is 8.98. The van der Waals surface area contributed by atoms with Crippen molar-refractivity contribution < 1.29 is 35.9 Å². The number of carbonyl (C=O) groups is 1. The molecule has 0 unspecified atom stereocenters. The van der Waals surface area contributed by atoms with E-state index < -0.39 is 18.2 Å². The van der Waals surface area contributed by atoms with Crippen LogP contribution >= 0.6 is 0 Å². The van der Waals surface area contributed by atoms with Crippen LogP contribution < -0.4 is 15.0 Å². The van der Waals surface area contributed by atoms with Crippen molar-refractivity contribution in [1.29, 1.82) is 0 Å². The van der Waals surface area contributed by atoms with E-state index >= 15 is 0 Å². The molecule has 2 heterocycles. The topological polar surface area (TPSA) is 67.3 Å². The van der Waals surface area contributed by atoms with E-state index in [1.54, 1.807) is 4.90 Å². The lowest BCUT2D eigenvalue weighted by atomic mass is 10.0. The van der Waals surface area contributed by atoms with Crippen LogP contribution in [0.15, 0.2) is 36.7 Å². The monoisotopic (exact) mass is 448 g/mol. The third kappa shape index (κ3) is 6.72. The first kappa shape index (κ1) is 22.6. The summed E-state index contributed by atoms with van der Waals surface area (Å²) in [6, 6.07) is 5.73. The summed E-state index contributed by atoms with van der Waals surface area (Å²) in [4.78, 5) is 21.0. The van der Waals surface area contributed by atoms with Gasteiger partial charge in [0.05, 0.1) is 6.42 Å². The first-order chi connectivity index (χ1) is 14.5. The highest BCUT2D eigenvalue weighted by Crippen LogP contribution is 2.29. The number of carbonyl (C=O) groups excluding carboxylic acids is 1. The zero-order valence-corrected chi connectivity index (χ0v) is 16.0. The quantitative estimate of drug-likeness (QED) is 0.707. The van der Waals surface area contributed by atoms with Crippen LogP contribution in [0.25, 0.3) is 0 Å². The van der Waals surface area contributed by atoms with Gasteiger partial charge in [-0.1, -0.05) is 12.1 Å². The molecule has 168 valence electrons. The van der Waals surface area contributed by atoms with E-state index in [1.807, 2.05) is 0 Å². The number of halogens is 6. The highest BCUT2D eigenvalue weighted by atomic mass is 19.4. The van der Waals surface area contributed by atoms with E-state index in [0.29, 0.717) is 31.5 Å². The van der Waals surface area contributed by atoms with Gasteiger partial charge in [0.1, 0.15) is 23.6 Å². The number of ether oxygens (including phenoxy) is 1. The fourth-order valence-electron chi connectivity index (χ4n) is 3.20. The Labute approximate surface area is 173 Å². The van der Waals surface area contributed by atoms with E-state index in [0.717, 1.165) is 24.5 Å². The number of aromatic nitrogens is 2. The van der Waals surface area contributed by atoms with Gasteiger partial charge in [0.25, 0.3) is 0 Å². The molecule has 0 bridgehead atoms. The van der Waals surface area contributed by atoms with Gasteiger partial charge in [0, 0.05) is 25.2 Å². The third-order valence-electron chi connectivity index (χ3n) is 4.65. The molecule has 1 N–H and O–H groups in total. The van der Waals surface area contributed by atoms with Crippen molar-refractivity contribution in [2.45, 2.75) is 37.8 Å². The molecule has 1 amide bonds. The number of nitrogens with one attached hydrogen (secondary N) is 1. The van der Waals surface area contributed by atoms with Gasteiger partial charge in [0.2, 0.25) is 5.91 Å². The molecule has 3 rings (SSSR count). The van der Waals surface area contributed by atoms with E-state index in [4.69, 9.17) is 0 Å². The van der Waals surface area contributed by atoms with Crippen LogP contribution in [0.4, 0.5) is 32.2 Å². The standard InChI is InChI=1S/C19H18F6N4O2/c20-18(21,22)15-10-16(27-11-26-15)29-7-5-13(6-8-29)28-17(30)9-12-1-3-14(4-2-12)31-19(23,24)25/h1-4,10-11,13H,5-9H2,(H,28,30). The SMILES string of the molecule is O=C(Cc1ccc(OC(F)(F)F)cc1)NC1CCN(c2cc(C(F)(F)F)ncn2)CC1. The maximum absolute atomic E-state index is 12.8. The minimum atomic E-state index is -4.78. The van der Waals surface area contributed by atoms with Gasteiger partial charge in [-0.3, -0.25) is 4.79 Å². The molecule has 1 saturated heterocycles. The van der Waals surface area contributed by atoms with Crippen molar-refractivity contribution >= 4 is 11.7 Å². The van der Waals surface area contributed by atoms with Gasteiger partial charge >= 0.3 is 12.5 Å². The summed E-state index contributed by atoms with van der Waals surface area (Å²) in [5.41, 5.74) is -0.496. The summed E-state index contributed by atoms with van der Waals surface area (Å²) in [6.07, 6.45) is -7.47. The van der Waals surface area contributed by atoms with Crippen LogP contribution in [-0.4, -0.2) is 41.4 Å². The predicted octanol–water partition coefficient (Wildman–Crippen LogP) is 3.72. The Morgan fingerprint density at radius 3 is 2.29 bits per heavy atom. The number of nitrogens with zero attached hydrogens (tertiary/aromatic N) is 3. The number of piperidine rings is 1. The number of benzene rings is 1. The fraction of sp³-hybridized carbons (Fsp3) is 0.421. The van der Waals surface area contributed by atoms with E-state index in [-0.39, 0.29) is 29.9 Å². The van der Waals surface area contributed by atoms with E-state index in [2.05, 4.69) is 20.0 Å². The van der Waals surface area contributed by atoms with Crippen molar-refractivity contribution in [3.05, 3.63) is 47.9 Å². The Kier molecular flexibility index (Phi) is 6.56. The molecule has 1 aliphatic rings. The van der Waals surface area contributed by atoms with Crippen molar-refractivity contribution in [3.8, 4) is 5.75 Å². The summed E-state index contributed by atoms with van der Waals surface area (Å²) >= 11 is 0. The molecule has 12 heteroatoms. The average Bonchev–Trinajstić information content (AvgIpc) is 2.68. The van der Waals surface area contributed by atoms with Gasteiger partial charge in [-0.15, -0.1) is 13.2 Å². The molecule has 31 heavy (non-hydrogen) atoms. The molecule has 1 aromatic heterocycles. The number of hydrogen-bond donors (Lipinski definition) is 1. The van der Waals surface area contributed by atoms with Gasteiger partial charge in [-0.05, 0) is 30.5 Å². The number of amides is 1. The molecule has 0 aliphatic carbocycles. The second-order valence-corrected chi connectivity index (χ2v) is 6.96. The minimum Gasteiger partial charge on any atom is -0.406 e. The summed E-state index contributed by atoms with van der Waals surface area (Å²) in [5, 5.41) is 2.84. The second-order valence-electron chi connectivity index (χ2n) is 6.96. The van der Waals surface area contributed by atoms with Gasteiger partial charge in [-0.2, -0.15) is 13.2 Å². The van der Waals surface area contributed by atoms with Crippen molar-refractivity contribution in [2.75, 3.05) is 18.0 Å². The van der Waals surface area contributed by atoms with Gasteiger partial charge < -0.3 is 15.0 Å². The van der Waals surface area contributed by atoms with Gasteiger partial charge in [-0.25, -0.2) is 9.97 Å². The Morgan fingerprint density at radius 2 is 1.71 bits per heavy atom. The highest BCUT2D eigenvalue weighted by molar-refractivity contribution is 5.78. The van der Waals surface area contributed by atoms with Gasteiger partial charge in [0.15, 0.2) is 0 Å². The highest BCUT2D eigenvalue weighted by Gasteiger charge is 2.34. The molecule has 0 atom stereocenters. The van der Waals surface area contributed by atoms with Crippen molar-refractivity contribution in [1.82, 2.24) is 15.3 Å². The maximum Gasteiger partial charge on any atom is 0.573 e. The average molecular weight is 448 g/mol. The molecular weight excluding hydrogens is 430 g/mol. The lowest BCUT2D eigenvalue weighted by Crippen LogP contribution is -2.45. The molecule has 0 radical (unpaired) electrons. The molecule has 1 fully saturated rings. The largest absolute Gasteiger partial charge is 0.573 e. The number of hydrogen-bond acceptors (Lipinski definition) is 5. The summed E-state index contributed by atoms with van der Waals surface area (Å²) in [7, 11) is 0. The van der Waals surface area contributed by atoms with E-state index in [1.165, 1.54) is 12.1 Å². The summed E-state index contributed by atoms with van der Waals surface area (Å²) in [5.74, 6) is -0.500. The summed E-state index contributed by atoms with van der Waals surface area (Å²) in [6.45, 7) is 0.811. The van der Waals surface area contributed by atoms with E-state index in [9.17, 15) is 31.1 Å². The Hall–Kier alpha value is -3.05. The lowest BCUT2D eigenvalue weighted by molar-refractivity contribution is -0.274. The van der Waals surface area contributed by atoms with Crippen molar-refractivity contribution in [2.24, 2.45) is 0 Å². The molecule has 0 spiro atoms. The fourth-order valence-corrected chi connectivity index (χ4v) is 3.20. The first-order valence-corrected chi connectivity index (χ1v) is 9.28. The Morgan fingerprint density at radius 1 is 1.06 bits per heavy atom. The van der Waals surface area contributed by atoms with Crippen LogP contribution in [0.5, 0.6) is 5.75 Å². The smallest absolute Gasteiger partial charge is 0.406 e. The zero-order valence-electron chi connectivity index (χ0n) is 16.0. The van der Waals surface area contributed by atoms with Crippen LogP contribution in [0.2, 0.25) is 0 Å². The van der Waals surface area contributed by atoms with Crippen LogP contribution in [-0.2, 0) is 17.4 Å². The van der Waals surface area contributed by atoms with Crippen LogP contribution in [0.1, 0.15) is 24.1 Å². The number of anilines is 1. The van der Waals surface area contributed by atoms with Crippen molar-refractivity contribution in [3.63, 3.8) is 0 Å². The van der Waals surface area contributed by atoms with Crippen LogP contribution in [0.3, 0.4) is 0 Å². The predicted molar refractivity (Wildman–Crippen MR) is 97.2 cm³/mol. The first-order valence-electron chi connectivity index (χ1n) is 9.28. The molecule has 1 aromatic carbocycles. The molecule has 2 aromatic rings. The Balaban J connectivity index is 1.48. The van der Waals surface area contributed by atoms with Crippen LogP contribution in [0, 0.1) is 0 Å². The third-order valence-corrected chi connectivity index (χ3v) is 4.65.